The van der Waals surface area contributed by atoms with Crippen molar-refractivity contribution < 1.29 is 14.3 Å². The molecule has 18 heavy (non-hydrogen) atoms. The molecule has 0 saturated heterocycles. The Morgan fingerprint density at radius 3 is 2.94 bits per heavy atom. The fraction of sp³-hybridized carbons (Fsp3) is 0.333. The maximum absolute atomic E-state index is 10.2. The van der Waals surface area contributed by atoms with Crippen molar-refractivity contribution in [1.29, 1.82) is 0 Å². The van der Waals surface area contributed by atoms with E-state index in [-0.39, 0.29) is 0 Å². The minimum absolute atomic E-state index is 0.329. The standard InChI is InChI=1S/C15H16O3/c16-13(15-6-3-8-17-15)10-11-7-9-18-14-5-2-1-4-12(11)14/h1-6,8,11,13,16H,7,9-10H2. The molecule has 3 rings (SSSR count). The lowest BCUT2D eigenvalue weighted by Crippen LogP contribution is -2.16. The lowest BCUT2D eigenvalue weighted by Gasteiger charge is -2.27. The number of hydrogen-bond donors (Lipinski definition) is 1. The highest BCUT2D eigenvalue weighted by molar-refractivity contribution is 5.37. The van der Waals surface area contributed by atoms with Crippen LogP contribution in [0.3, 0.4) is 0 Å². The Hall–Kier alpha value is -1.74. The summed E-state index contributed by atoms with van der Waals surface area (Å²) in [5, 5.41) is 10.2. The van der Waals surface area contributed by atoms with E-state index in [2.05, 4.69) is 6.07 Å². The first kappa shape index (κ1) is 11.4. The Balaban J connectivity index is 1.78. The van der Waals surface area contributed by atoms with Gasteiger partial charge in [-0.1, -0.05) is 18.2 Å². The summed E-state index contributed by atoms with van der Waals surface area (Å²) < 4.78 is 10.9. The van der Waals surface area contributed by atoms with Crippen molar-refractivity contribution >= 4 is 0 Å². The number of fused-ring (bicyclic) bond motifs is 1. The molecular weight excluding hydrogens is 228 g/mol. The molecule has 1 aliphatic heterocycles. The van der Waals surface area contributed by atoms with Gasteiger partial charge in [0, 0.05) is 0 Å². The van der Waals surface area contributed by atoms with E-state index in [0.29, 0.717) is 24.7 Å². The van der Waals surface area contributed by atoms with Crippen LogP contribution >= 0.6 is 0 Å². The molecule has 2 heterocycles. The number of aliphatic hydroxyl groups is 1. The van der Waals surface area contributed by atoms with Crippen LogP contribution in [0.2, 0.25) is 0 Å². The van der Waals surface area contributed by atoms with E-state index in [9.17, 15) is 5.11 Å². The zero-order valence-corrected chi connectivity index (χ0v) is 10.1. The third-order valence-corrected chi connectivity index (χ3v) is 3.46. The van der Waals surface area contributed by atoms with Gasteiger partial charge in [-0.05, 0) is 42.5 Å². The molecule has 0 saturated carbocycles. The lowest BCUT2D eigenvalue weighted by atomic mass is 9.88. The minimum Gasteiger partial charge on any atom is -0.493 e. The fourth-order valence-electron chi connectivity index (χ4n) is 2.53. The number of aliphatic hydroxyl groups excluding tert-OH is 1. The van der Waals surface area contributed by atoms with Gasteiger partial charge in [-0.3, -0.25) is 0 Å². The molecule has 3 nitrogen and oxygen atoms in total. The minimum atomic E-state index is -0.545. The highest BCUT2D eigenvalue weighted by Gasteiger charge is 2.25. The van der Waals surface area contributed by atoms with Crippen LogP contribution in [-0.4, -0.2) is 11.7 Å². The van der Waals surface area contributed by atoms with E-state index in [1.165, 1.54) is 5.56 Å². The molecule has 1 aromatic carbocycles. The molecule has 0 bridgehead atoms. The second kappa shape index (κ2) is 4.86. The van der Waals surface area contributed by atoms with E-state index < -0.39 is 6.10 Å². The third kappa shape index (κ3) is 2.14. The predicted octanol–water partition coefficient (Wildman–Crippen LogP) is 3.27. The van der Waals surface area contributed by atoms with Crippen molar-refractivity contribution in [2.45, 2.75) is 24.9 Å². The van der Waals surface area contributed by atoms with Crippen LogP contribution in [0.4, 0.5) is 0 Å². The summed E-state index contributed by atoms with van der Waals surface area (Å²) in [4.78, 5) is 0. The summed E-state index contributed by atoms with van der Waals surface area (Å²) in [6, 6.07) is 11.7. The zero-order valence-electron chi connectivity index (χ0n) is 10.1. The quantitative estimate of drug-likeness (QED) is 0.901. The molecule has 0 fully saturated rings. The van der Waals surface area contributed by atoms with Crippen LogP contribution < -0.4 is 4.74 Å². The Kier molecular flexibility index (Phi) is 3.07. The van der Waals surface area contributed by atoms with Gasteiger partial charge in [0.25, 0.3) is 0 Å². The molecule has 0 aliphatic carbocycles. The van der Waals surface area contributed by atoms with Gasteiger partial charge in [0.05, 0.1) is 12.9 Å². The van der Waals surface area contributed by atoms with Crippen molar-refractivity contribution in [1.82, 2.24) is 0 Å². The maximum Gasteiger partial charge on any atom is 0.132 e. The maximum atomic E-state index is 10.2. The van der Waals surface area contributed by atoms with Crippen molar-refractivity contribution in [3.8, 4) is 5.75 Å². The SMILES string of the molecule is OC(CC1CCOc2ccccc21)c1ccco1. The average Bonchev–Trinajstić information content (AvgIpc) is 2.93. The third-order valence-electron chi connectivity index (χ3n) is 3.46. The predicted molar refractivity (Wildman–Crippen MR) is 67.6 cm³/mol. The molecule has 94 valence electrons. The molecule has 2 aromatic rings. The number of para-hydroxylation sites is 1. The van der Waals surface area contributed by atoms with Gasteiger partial charge in [0.2, 0.25) is 0 Å². The van der Waals surface area contributed by atoms with E-state index in [1.54, 1.807) is 12.3 Å². The smallest absolute Gasteiger partial charge is 0.132 e. The highest BCUT2D eigenvalue weighted by Crippen LogP contribution is 2.38. The molecular formula is C15H16O3. The van der Waals surface area contributed by atoms with E-state index in [4.69, 9.17) is 9.15 Å². The number of rotatable bonds is 3. The summed E-state index contributed by atoms with van der Waals surface area (Å²) >= 11 is 0. The van der Waals surface area contributed by atoms with Crippen molar-refractivity contribution in [3.63, 3.8) is 0 Å². The molecule has 2 unspecified atom stereocenters. The Morgan fingerprint density at radius 1 is 1.22 bits per heavy atom. The van der Waals surface area contributed by atoms with Crippen molar-refractivity contribution in [2.75, 3.05) is 6.61 Å². The van der Waals surface area contributed by atoms with Crippen LogP contribution in [0.15, 0.2) is 47.1 Å². The Labute approximate surface area is 106 Å². The number of hydrogen-bond acceptors (Lipinski definition) is 3. The largest absolute Gasteiger partial charge is 0.493 e. The van der Waals surface area contributed by atoms with Crippen LogP contribution in [0.1, 0.15) is 36.2 Å². The van der Waals surface area contributed by atoms with Crippen molar-refractivity contribution in [3.05, 3.63) is 54.0 Å². The first-order valence-corrected chi connectivity index (χ1v) is 6.28. The molecule has 1 aliphatic rings. The normalized spacial score (nSPS) is 19.9. The van der Waals surface area contributed by atoms with Crippen LogP contribution in [-0.2, 0) is 0 Å². The molecule has 1 N–H and O–H groups in total. The van der Waals surface area contributed by atoms with E-state index in [0.717, 1.165) is 12.2 Å². The van der Waals surface area contributed by atoms with Crippen LogP contribution in [0.5, 0.6) is 5.75 Å². The van der Waals surface area contributed by atoms with Gasteiger partial charge >= 0.3 is 0 Å². The van der Waals surface area contributed by atoms with E-state index >= 15 is 0 Å². The van der Waals surface area contributed by atoms with Gasteiger partial charge < -0.3 is 14.3 Å². The van der Waals surface area contributed by atoms with E-state index in [1.807, 2.05) is 24.3 Å². The second-order valence-electron chi connectivity index (χ2n) is 4.64. The van der Waals surface area contributed by atoms with Crippen LogP contribution in [0.25, 0.3) is 0 Å². The molecule has 3 heteroatoms. The Morgan fingerprint density at radius 2 is 2.11 bits per heavy atom. The number of benzene rings is 1. The molecule has 0 spiro atoms. The topological polar surface area (TPSA) is 42.6 Å². The lowest BCUT2D eigenvalue weighted by molar-refractivity contribution is 0.122. The van der Waals surface area contributed by atoms with Gasteiger partial charge in [0.1, 0.15) is 17.6 Å². The first-order chi connectivity index (χ1) is 8.84. The summed E-state index contributed by atoms with van der Waals surface area (Å²) in [7, 11) is 0. The average molecular weight is 244 g/mol. The highest BCUT2D eigenvalue weighted by atomic mass is 16.5. The molecule has 2 atom stereocenters. The zero-order chi connectivity index (χ0) is 12.4. The van der Waals surface area contributed by atoms with Gasteiger partial charge in [-0.25, -0.2) is 0 Å². The fourth-order valence-corrected chi connectivity index (χ4v) is 2.53. The summed E-state index contributed by atoms with van der Waals surface area (Å²) in [5.74, 6) is 1.91. The second-order valence-corrected chi connectivity index (χ2v) is 4.64. The monoisotopic (exact) mass is 244 g/mol. The Bertz CT molecular complexity index is 504. The summed E-state index contributed by atoms with van der Waals surface area (Å²) in [6.07, 6.45) is 2.66. The molecule has 0 radical (unpaired) electrons. The first-order valence-electron chi connectivity index (χ1n) is 6.28. The summed E-state index contributed by atoms with van der Waals surface area (Å²) in [5.41, 5.74) is 1.19. The van der Waals surface area contributed by atoms with Gasteiger partial charge in [0.15, 0.2) is 0 Å². The van der Waals surface area contributed by atoms with Crippen LogP contribution in [0, 0.1) is 0 Å². The van der Waals surface area contributed by atoms with Crippen molar-refractivity contribution in [2.24, 2.45) is 0 Å². The van der Waals surface area contributed by atoms with Gasteiger partial charge in [-0.15, -0.1) is 0 Å². The summed E-state index contributed by atoms with van der Waals surface area (Å²) in [6.45, 7) is 0.715. The molecule has 1 aromatic heterocycles. The molecule has 0 amide bonds. The number of furan rings is 1. The van der Waals surface area contributed by atoms with Gasteiger partial charge in [-0.2, -0.15) is 0 Å². The number of ether oxygens (including phenoxy) is 1.